The molecule has 2 aromatic rings. The molecule has 0 aliphatic heterocycles. The Morgan fingerprint density at radius 2 is 1.32 bits per heavy atom. The van der Waals surface area contributed by atoms with Crippen LogP contribution in [0.25, 0.3) is 16.7 Å². The summed E-state index contributed by atoms with van der Waals surface area (Å²) in [6.07, 6.45) is 2.17. The zero-order valence-corrected chi connectivity index (χ0v) is 22.4. The van der Waals surface area contributed by atoms with E-state index in [9.17, 15) is 4.46 Å². The van der Waals surface area contributed by atoms with E-state index >= 15 is 0 Å². The predicted octanol–water partition coefficient (Wildman–Crippen LogP) is 6.68. The van der Waals surface area contributed by atoms with Crippen LogP contribution in [0.5, 0.6) is 0 Å². The molecule has 1 N–H and O–H groups in total. The molecule has 2 aliphatic rings. The molecule has 0 fully saturated rings. The van der Waals surface area contributed by atoms with E-state index in [-0.39, 0.29) is 47.5 Å². The second-order valence-electron chi connectivity index (χ2n) is 9.25. The van der Waals surface area contributed by atoms with Gasteiger partial charge in [0.05, 0.1) is 0 Å². The maximum absolute atomic E-state index is 13.4. The molecule has 0 amide bonds. The fourth-order valence-corrected chi connectivity index (χ4v) is 6.19. The van der Waals surface area contributed by atoms with E-state index in [2.05, 4.69) is 101 Å². The van der Waals surface area contributed by atoms with Crippen molar-refractivity contribution in [2.45, 2.75) is 40.2 Å². The van der Waals surface area contributed by atoms with E-state index < -0.39 is 8.84 Å². The third-order valence-corrected chi connectivity index (χ3v) is 7.89. The van der Waals surface area contributed by atoms with Crippen LogP contribution in [0.3, 0.4) is 0 Å². The molecule has 4 rings (SSSR count). The number of hydrogen-bond donors (Lipinski definition) is 1. The first kappa shape index (κ1) is 27.2. The summed E-state index contributed by atoms with van der Waals surface area (Å²) < 4.78 is 13.4. The predicted molar refractivity (Wildman–Crippen MR) is 132 cm³/mol. The van der Waals surface area contributed by atoms with E-state index in [1.54, 1.807) is 0 Å². The van der Waals surface area contributed by atoms with Gasteiger partial charge in [-0.1, -0.05) is 69.0 Å². The quantitative estimate of drug-likeness (QED) is 0.398. The van der Waals surface area contributed by atoms with Gasteiger partial charge in [-0.3, -0.25) is 0 Å². The van der Waals surface area contributed by atoms with Crippen LogP contribution in [-0.2, 0) is 26.2 Å². The van der Waals surface area contributed by atoms with Gasteiger partial charge in [-0.05, 0) is 65.8 Å². The molecular formula is C27H33NOSiTi. The Bertz CT molecular complexity index is 1090. The minimum absolute atomic E-state index is 0. The number of hydrogen-bond acceptors (Lipinski definition) is 1. The number of allylic oxidation sites excluding steroid dienone is 4. The van der Waals surface area contributed by atoms with Gasteiger partial charge in [-0.15, -0.1) is 0 Å². The van der Waals surface area contributed by atoms with Gasteiger partial charge < -0.3 is 24.3 Å². The Labute approximate surface area is 205 Å². The van der Waals surface area contributed by atoms with Crippen molar-refractivity contribution in [3.63, 3.8) is 0 Å². The molecular weight excluding hydrogens is 430 g/mol. The summed E-state index contributed by atoms with van der Waals surface area (Å²) in [5, 5.41) is 0.995. The van der Waals surface area contributed by atoms with Crippen LogP contribution in [0.15, 0.2) is 66.4 Å². The van der Waals surface area contributed by atoms with Gasteiger partial charge in [0, 0.05) is 16.2 Å². The zero-order valence-electron chi connectivity index (χ0n) is 19.8. The summed E-state index contributed by atoms with van der Waals surface area (Å²) in [4.78, 5) is 3.33. The standard InChI is InChI=1S/C25H27NOSi.2CH3.Ti/c1-16-17-11-7-9-13-19(17)21-15-22(28(27)26-24(2,3)4)25(5,6)23(21)20-14-10-8-12-18(16)20;;;/h7-15,26H,1H2,2-6H3;2*1H3;/q;2*-1;+2. The molecule has 0 spiro atoms. The Morgan fingerprint density at radius 3 is 1.84 bits per heavy atom. The normalized spacial score (nSPS) is 15.6. The molecule has 160 valence electrons. The van der Waals surface area contributed by atoms with Gasteiger partial charge in [-0.2, -0.15) is 0 Å². The fourth-order valence-electron chi connectivity index (χ4n) is 4.41. The van der Waals surface area contributed by atoms with Crippen molar-refractivity contribution < 1.29 is 26.2 Å². The molecule has 4 heteroatoms. The van der Waals surface area contributed by atoms with E-state index in [4.69, 9.17) is 0 Å². The second kappa shape index (κ2) is 9.36. The second-order valence-corrected chi connectivity index (χ2v) is 10.7. The first-order valence-corrected chi connectivity index (χ1v) is 11.2. The molecule has 0 bridgehead atoms. The number of fused-ring (bicyclic) bond motifs is 4. The van der Waals surface area contributed by atoms with Crippen molar-refractivity contribution >= 4 is 25.6 Å². The van der Waals surface area contributed by atoms with Crippen molar-refractivity contribution in [1.82, 2.24) is 4.98 Å². The Balaban J connectivity index is 0.00000160. The van der Waals surface area contributed by atoms with Crippen LogP contribution in [0, 0.1) is 20.3 Å². The molecule has 0 saturated heterocycles. The number of benzene rings is 2. The van der Waals surface area contributed by atoms with Gasteiger partial charge >= 0.3 is 30.6 Å². The topological polar surface area (TPSA) is 29.1 Å². The maximum Gasteiger partial charge on any atom is 2.00 e. The molecule has 2 aromatic carbocycles. The minimum atomic E-state index is -2.12. The number of rotatable bonds is 2. The largest absolute Gasteiger partial charge is 2.00 e. The third kappa shape index (κ3) is 4.55. The van der Waals surface area contributed by atoms with Gasteiger partial charge in [0.15, 0.2) is 0 Å². The first-order chi connectivity index (χ1) is 13.1. The van der Waals surface area contributed by atoms with Crippen LogP contribution in [0.2, 0.25) is 0 Å². The van der Waals surface area contributed by atoms with Gasteiger partial charge in [-0.25, -0.2) is 0 Å². The molecule has 0 aromatic heterocycles. The Kier molecular flexibility index (Phi) is 8.22. The van der Waals surface area contributed by atoms with Crippen LogP contribution >= 0.6 is 0 Å². The Morgan fingerprint density at radius 1 is 0.871 bits per heavy atom. The minimum Gasteiger partial charge on any atom is -0.382 e. The average molecular weight is 464 g/mol. The zero-order chi connectivity index (χ0) is 20.3. The van der Waals surface area contributed by atoms with Crippen LogP contribution in [-0.4, -0.2) is 14.4 Å². The molecule has 0 saturated carbocycles. The molecule has 0 heterocycles. The molecule has 0 radical (unpaired) electrons. The van der Waals surface area contributed by atoms with Crippen molar-refractivity contribution in [3.05, 3.63) is 103 Å². The SMILES string of the molecule is C=C1c2ccccc2C2=C(c3ccccc31)C(C)(C)C([Si](=O)NC(C)(C)C)=C2.[CH3-].[CH3-].[Ti+2]. The van der Waals surface area contributed by atoms with Crippen LogP contribution < -0.4 is 4.98 Å². The molecule has 0 unspecified atom stereocenters. The summed E-state index contributed by atoms with van der Waals surface area (Å²) in [5.41, 5.74) is 7.63. The van der Waals surface area contributed by atoms with E-state index in [1.807, 2.05) is 0 Å². The van der Waals surface area contributed by atoms with Gasteiger partial charge in [0.1, 0.15) is 0 Å². The summed E-state index contributed by atoms with van der Waals surface area (Å²) in [6, 6.07) is 16.9. The summed E-state index contributed by atoms with van der Waals surface area (Å²) in [5.74, 6) is 0. The van der Waals surface area contributed by atoms with Crippen LogP contribution in [0.4, 0.5) is 0 Å². The summed E-state index contributed by atoms with van der Waals surface area (Å²) >= 11 is 0. The van der Waals surface area contributed by atoms with Crippen molar-refractivity contribution in [3.8, 4) is 0 Å². The van der Waals surface area contributed by atoms with Gasteiger partial charge in [0.2, 0.25) is 0 Å². The average Bonchev–Trinajstić information content (AvgIpc) is 2.84. The maximum atomic E-state index is 13.4. The fraction of sp³-hybridized carbons (Fsp3) is 0.259. The van der Waals surface area contributed by atoms with E-state index in [0.29, 0.717) is 0 Å². The van der Waals surface area contributed by atoms with Crippen molar-refractivity contribution in [2.24, 2.45) is 5.41 Å². The summed E-state index contributed by atoms with van der Waals surface area (Å²) in [7, 11) is -2.12. The van der Waals surface area contributed by atoms with Gasteiger partial charge in [0.25, 0.3) is 0 Å². The molecule has 2 aliphatic carbocycles. The molecule has 2 nitrogen and oxygen atoms in total. The molecule has 0 atom stereocenters. The molecule has 31 heavy (non-hydrogen) atoms. The van der Waals surface area contributed by atoms with E-state index in [0.717, 1.165) is 21.9 Å². The smallest absolute Gasteiger partial charge is 0.382 e. The summed E-state index contributed by atoms with van der Waals surface area (Å²) in [6.45, 7) is 15.0. The monoisotopic (exact) mass is 463 g/mol. The first-order valence-electron chi connectivity index (χ1n) is 9.79. The van der Waals surface area contributed by atoms with Crippen molar-refractivity contribution in [2.75, 3.05) is 0 Å². The van der Waals surface area contributed by atoms with E-state index in [1.165, 1.54) is 22.3 Å². The van der Waals surface area contributed by atoms with Crippen molar-refractivity contribution in [1.29, 1.82) is 0 Å². The number of nitrogens with one attached hydrogen (secondary N) is 1. The van der Waals surface area contributed by atoms with Crippen LogP contribution in [0.1, 0.15) is 56.9 Å². The third-order valence-electron chi connectivity index (χ3n) is 5.65. The Hall–Kier alpha value is -1.81.